The van der Waals surface area contributed by atoms with E-state index in [9.17, 15) is 9.18 Å². The second kappa shape index (κ2) is 6.01. The van der Waals surface area contributed by atoms with Crippen LogP contribution in [0.4, 0.5) is 4.39 Å². The lowest BCUT2D eigenvalue weighted by molar-refractivity contribution is -0.118. The number of hydrogen-bond acceptors (Lipinski definition) is 2. The molecule has 17 heavy (non-hydrogen) atoms. The molecule has 4 heteroatoms. The van der Waals surface area contributed by atoms with Gasteiger partial charge in [-0.15, -0.1) is 0 Å². The van der Waals surface area contributed by atoms with Gasteiger partial charge < -0.3 is 0 Å². The van der Waals surface area contributed by atoms with Crippen molar-refractivity contribution in [2.45, 2.75) is 30.9 Å². The molecule has 1 nitrogen and oxygen atoms in total. The van der Waals surface area contributed by atoms with Gasteiger partial charge in [0.1, 0.15) is 11.6 Å². The Morgan fingerprint density at radius 2 is 2.29 bits per heavy atom. The standard InChI is InChI=1S/C13H14BrFOS/c14-10-7-9(4-5-11(10)15)8-12(16)13-3-1-2-6-17-13/h4-5,7,13H,1-3,6,8H2. The van der Waals surface area contributed by atoms with Gasteiger partial charge in [-0.2, -0.15) is 11.8 Å². The van der Waals surface area contributed by atoms with Crippen LogP contribution < -0.4 is 0 Å². The van der Waals surface area contributed by atoms with Crippen molar-refractivity contribution in [3.05, 3.63) is 34.1 Å². The lowest BCUT2D eigenvalue weighted by Gasteiger charge is -2.19. The van der Waals surface area contributed by atoms with Gasteiger partial charge >= 0.3 is 0 Å². The Labute approximate surface area is 113 Å². The predicted octanol–water partition coefficient (Wildman–Crippen LogP) is 3.99. The maximum atomic E-state index is 13.1. The van der Waals surface area contributed by atoms with Crippen molar-refractivity contribution < 1.29 is 9.18 Å². The molecule has 0 aliphatic carbocycles. The van der Waals surface area contributed by atoms with Crippen LogP contribution in [0.5, 0.6) is 0 Å². The summed E-state index contributed by atoms with van der Waals surface area (Å²) in [7, 11) is 0. The second-order valence-corrected chi connectivity index (χ2v) is 6.41. The monoisotopic (exact) mass is 316 g/mol. The highest BCUT2D eigenvalue weighted by Crippen LogP contribution is 2.27. The third-order valence-corrected chi connectivity index (χ3v) is 4.93. The van der Waals surface area contributed by atoms with Gasteiger partial charge in [0, 0.05) is 6.42 Å². The number of hydrogen-bond donors (Lipinski definition) is 0. The van der Waals surface area contributed by atoms with Crippen molar-refractivity contribution in [2.24, 2.45) is 0 Å². The summed E-state index contributed by atoms with van der Waals surface area (Å²) in [5, 5.41) is 0.146. The van der Waals surface area contributed by atoms with E-state index >= 15 is 0 Å². The van der Waals surface area contributed by atoms with Crippen LogP contribution >= 0.6 is 27.7 Å². The van der Waals surface area contributed by atoms with Crippen molar-refractivity contribution in [1.82, 2.24) is 0 Å². The molecule has 0 radical (unpaired) electrons. The Morgan fingerprint density at radius 3 is 2.94 bits per heavy atom. The highest BCUT2D eigenvalue weighted by molar-refractivity contribution is 9.10. The van der Waals surface area contributed by atoms with Crippen LogP contribution in [-0.2, 0) is 11.2 Å². The first-order valence-corrected chi connectivity index (χ1v) is 7.59. The Bertz CT molecular complexity index is 416. The molecule has 1 aromatic carbocycles. The van der Waals surface area contributed by atoms with Gasteiger partial charge in [-0.25, -0.2) is 4.39 Å². The predicted molar refractivity (Wildman–Crippen MR) is 72.9 cm³/mol. The van der Waals surface area contributed by atoms with E-state index in [2.05, 4.69) is 15.9 Å². The van der Waals surface area contributed by atoms with Gasteiger partial charge in [0.15, 0.2) is 0 Å². The summed E-state index contributed by atoms with van der Waals surface area (Å²) in [6.07, 6.45) is 3.77. The third kappa shape index (κ3) is 3.55. The maximum Gasteiger partial charge on any atom is 0.150 e. The fraction of sp³-hybridized carbons (Fsp3) is 0.462. The highest BCUT2D eigenvalue weighted by atomic mass is 79.9. The molecule has 1 aliphatic rings. The molecule has 1 saturated heterocycles. The summed E-state index contributed by atoms with van der Waals surface area (Å²) < 4.78 is 13.5. The number of carbonyl (C=O) groups is 1. The number of ketones is 1. The molecule has 0 aromatic heterocycles. The Morgan fingerprint density at radius 1 is 1.47 bits per heavy atom. The molecule has 0 N–H and O–H groups in total. The zero-order valence-corrected chi connectivity index (χ0v) is 11.8. The van der Waals surface area contributed by atoms with Crippen molar-refractivity contribution in [2.75, 3.05) is 5.75 Å². The van der Waals surface area contributed by atoms with E-state index in [0.717, 1.165) is 24.2 Å². The van der Waals surface area contributed by atoms with Crippen LogP contribution in [0.15, 0.2) is 22.7 Å². The van der Waals surface area contributed by atoms with Crippen molar-refractivity contribution >= 4 is 33.5 Å². The molecule has 1 unspecified atom stereocenters. The molecular formula is C13H14BrFOS. The molecule has 0 bridgehead atoms. The van der Waals surface area contributed by atoms with Gasteiger partial charge in [0.25, 0.3) is 0 Å². The van der Waals surface area contributed by atoms with E-state index in [1.807, 2.05) is 0 Å². The van der Waals surface area contributed by atoms with Crippen LogP contribution in [0, 0.1) is 5.82 Å². The summed E-state index contributed by atoms with van der Waals surface area (Å²) in [4.78, 5) is 12.0. The number of thioether (sulfide) groups is 1. The molecule has 1 fully saturated rings. The lowest BCUT2D eigenvalue weighted by Crippen LogP contribution is -2.22. The minimum absolute atomic E-state index is 0.146. The summed E-state index contributed by atoms with van der Waals surface area (Å²) in [5.41, 5.74) is 0.884. The first-order chi connectivity index (χ1) is 8.16. The van der Waals surface area contributed by atoms with E-state index in [0.29, 0.717) is 10.9 Å². The smallest absolute Gasteiger partial charge is 0.150 e. The summed E-state index contributed by atoms with van der Waals surface area (Å²) in [6, 6.07) is 4.78. The first-order valence-electron chi connectivity index (χ1n) is 5.75. The van der Waals surface area contributed by atoms with Crippen molar-refractivity contribution in [1.29, 1.82) is 0 Å². The lowest BCUT2D eigenvalue weighted by atomic mass is 10.0. The van der Waals surface area contributed by atoms with Crippen molar-refractivity contribution in [3.8, 4) is 0 Å². The topological polar surface area (TPSA) is 17.1 Å². The molecule has 1 aromatic rings. The second-order valence-electron chi connectivity index (χ2n) is 4.25. The highest BCUT2D eigenvalue weighted by Gasteiger charge is 2.21. The minimum Gasteiger partial charge on any atom is -0.298 e. The summed E-state index contributed by atoms with van der Waals surface area (Å²) >= 11 is 4.90. The molecule has 0 saturated carbocycles. The van der Waals surface area contributed by atoms with Gasteiger partial charge in [-0.05, 0) is 52.2 Å². The van der Waals surface area contributed by atoms with Crippen LogP contribution in [0.1, 0.15) is 24.8 Å². The maximum absolute atomic E-state index is 13.1. The SMILES string of the molecule is O=C(Cc1ccc(F)c(Br)c1)C1CCCCS1. The minimum atomic E-state index is -0.284. The van der Waals surface area contributed by atoms with E-state index in [1.165, 1.54) is 12.5 Å². The number of halogens is 2. The van der Waals surface area contributed by atoms with Gasteiger partial charge in [-0.1, -0.05) is 12.5 Å². The number of rotatable bonds is 3. The fourth-order valence-corrected chi connectivity index (χ4v) is 3.64. The Kier molecular flexibility index (Phi) is 4.62. The van der Waals surface area contributed by atoms with E-state index in [4.69, 9.17) is 0 Å². The van der Waals surface area contributed by atoms with Crippen LogP contribution in [-0.4, -0.2) is 16.8 Å². The summed E-state index contributed by atoms with van der Waals surface area (Å²) in [6.45, 7) is 0. The number of benzene rings is 1. The largest absolute Gasteiger partial charge is 0.298 e. The average molecular weight is 317 g/mol. The molecule has 92 valence electrons. The van der Waals surface area contributed by atoms with Crippen molar-refractivity contribution in [3.63, 3.8) is 0 Å². The first kappa shape index (κ1) is 13.1. The number of carbonyl (C=O) groups excluding carboxylic acids is 1. The molecule has 1 heterocycles. The van der Waals surface area contributed by atoms with E-state index in [1.54, 1.807) is 23.9 Å². The number of Topliss-reactive ketones (excluding diaryl/α,β-unsaturated/α-hetero) is 1. The average Bonchev–Trinajstić information content (AvgIpc) is 2.35. The zero-order chi connectivity index (χ0) is 12.3. The van der Waals surface area contributed by atoms with Crippen LogP contribution in [0.3, 0.4) is 0 Å². The molecule has 1 aliphatic heterocycles. The molecule has 0 amide bonds. The molecule has 2 rings (SSSR count). The Hall–Kier alpha value is -0.350. The third-order valence-electron chi connectivity index (χ3n) is 2.90. The molecule has 0 spiro atoms. The Balaban J connectivity index is 1.99. The zero-order valence-electron chi connectivity index (χ0n) is 9.42. The van der Waals surface area contributed by atoms with Gasteiger partial charge in [0.05, 0.1) is 9.72 Å². The van der Waals surface area contributed by atoms with Gasteiger partial charge in [-0.3, -0.25) is 4.79 Å². The quantitative estimate of drug-likeness (QED) is 0.839. The summed E-state index contributed by atoms with van der Waals surface area (Å²) in [5.74, 6) is 1.07. The molecular weight excluding hydrogens is 303 g/mol. The van der Waals surface area contributed by atoms with Gasteiger partial charge in [0.2, 0.25) is 0 Å². The van der Waals surface area contributed by atoms with Crippen LogP contribution in [0.2, 0.25) is 0 Å². The fourth-order valence-electron chi connectivity index (χ4n) is 1.96. The van der Waals surface area contributed by atoms with Crippen LogP contribution in [0.25, 0.3) is 0 Å². The van der Waals surface area contributed by atoms with E-state index < -0.39 is 0 Å². The van der Waals surface area contributed by atoms with E-state index in [-0.39, 0.29) is 16.9 Å². The molecule has 1 atom stereocenters. The normalized spacial score (nSPS) is 20.2.